The Labute approximate surface area is 234 Å². The van der Waals surface area contributed by atoms with Crippen LogP contribution in [-0.2, 0) is 20.7 Å². The van der Waals surface area contributed by atoms with E-state index >= 15 is 0 Å². The van der Waals surface area contributed by atoms with Crippen LogP contribution in [0.15, 0.2) is 48.7 Å². The summed E-state index contributed by atoms with van der Waals surface area (Å²) in [7, 11) is -3.46. The minimum Gasteiger partial charge on any atom is -0.325 e. The number of hydrogen-bond acceptors (Lipinski definition) is 8. The number of rotatable bonds is 8. The Balaban J connectivity index is 1.35. The van der Waals surface area contributed by atoms with Gasteiger partial charge in [0.2, 0.25) is 0 Å². The van der Waals surface area contributed by atoms with Gasteiger partial charge in [-0.3, -0.25) is 4.18 Å². The lowest BCUT2D eigenvalue weighted by Gasteiger charge is -2.30. The molecule has 0 unspecified atom stereocenters. The van der Waals surface area contributed by atoms with Crippen molar-refractivity contribution in [2.75, 3.05) is 11.6 Å². The van der Waals surface area contributed by atoms with Crippen molar-refractivity contribution in [1.29, 1.82) is 5.26 Å². The Morgan fingerprint density at radius 3 is 2.58 bits per heavy atom. The standard InChI is InChI=1S/C30H32N6O3S/c1-3-29-34-25-13-8-20(16-27(25)36(29)23-9-11-24(12-10-23)39-40(2,37)38)26-15-22(19-6-7-19)17-28(33-26)35-30-21(18-31)5-4-14-32-30/h4-5,8,13-17,19,23-24H,3,6-7,9-12H2,1-2H3,(H,32,33,35)/t23-,24-. The summed E-state index contributed by atoms with van der Waals surface area (Å²) >= 11 is 0. The van der Waals surface area contributed by atoms with Crippen LogP contribution in [0.1, 0.15) is 74.4 Å². The number of anilines is 2. The number of pyridine rings is 2. The highest BCUT2D eigenvalue weighted by molar-refractivity contribution is 7.86. The van der Waals surface area contributed by atoms with E-state index in [9.17, 15) is 13.7 Å². The fourth-order valence-corrected chi connectivity index (χ4v) is 6.43. The van der Waals surface area contributed by atoms with Crippen molar-refractivity contribution in [3.05, 3.63) is 65.6 Å². The zero-order valence-electron chi connectivity index (χ0n) is 22.7. The van der Waals surface area contributed by atoms with E-state index < -0.39 is 10.1 Å². The molecule has 10 heteroatoms. The molecule has 6 rings (SSSR count). The van der Waals surface area contributed by atoms with Crippen LogP contribution in [0.3, 0.4) is 0 Å². The highest BCUT2D eigenvalue weighted by Gasteiger charge is 2.28. The maximum absolute atomic E-state index is 11.6. The Hall–Kier alpha value is -3.81. The molecule has 0 saturated heterocycles. The number of fused-ring (bicyclic) bond motifs is 1. The van der Waals surface area contributed by atoms with Gasteiger partial charge in [-0.15, -0.1) is 0 Å². The molecule has 1 N–H and O–H groups in total. The van der Waals surface area contributed by atoms with E-state index in [0.29, 0.717) is 36.0 Å². The molecule has 3 heterocycles. The smallest absolute Gasteiger partial charge is 0.264 e. The molecular formula is C30H32N6O3S. The van der Waals surface area contributed by atoms with Crippen LogP contribution in [0, 0.1) is 11.3 Å². The van der Waals surface area contributed by atoms with Gasteiger partial charge in [0, 0.05) is 24.2 Å². The lowest BCUT2D eigenvalue weighted by Crippen LogP contribution is -2.26. The Bertz CT molecular complexity index is 1710. The molecule has 0 atom stereocenters. The van der Waals surface area contributed by atoms with Gasteiger partial charge in [0.05, 0.1) is 34.7 Å². The average Bonchev–Trinajstić information content (AvgIpc) is 3.73. The molecule has 1 aromatic carbocycles. The summed E-state index contributed by atoms with van der Waals surface area (Å²) in [4.78, 5) is 14.2. The number of nitrogens with zero attached hydrogens (tertiary/aromatic N) is 5. The molecule has 0 bridgehead atoms. The van der Waals surface area contributed by atoms with Crippen LogP contribution < -0.4 is 5.32 Å². The Kier molecular flexibility index (Phi) is 7.02. The van der Waals surface area contributed by atoms with Crippen LogP contribution in [-0.4, -0.2) is 40.3 Å². The zero-order valence-corrected chi connectivity index (χ0v) is 23.5. The van der Waals surface area contributed by atoms with Crippen LogP contribution in [0.4, 0.5) is 11.6 Å². The third-order valence-corrected chi connectivity index (χ3v) is 8.39. The van der Waals surface area contributed by atoms with E-state index in [4.69, 9.17) is 14.2 Å². The largest absolute Gasteiger partial charge is 0.325 e. The first-order valence-electron chi connectivity index (χ1n) is 13.8. The molecule has 4 aromatic rings. The highest BCUT2D eigenvalue weighted by atomic mass is 32.2. The molecular weight excluding hydrogens is 524 g/mol. The summed E-state index contributed by atoms with van der Waals surface area (Å²) in [5.74, 6) is 2.71. The summed E-state index contributed by atoms with van der Waals surface area (Å²) in [5, 5.41) is 12.8. The second-order valence-corrected chi connectivity index (χ2v) is 12.4. The topological polar surface area (TPSA) is 123 Å². The Morgan fingerprint density at radius 1 is 1.07 bits per heavy atom. The van der Waals surface area contributed by atoms with Crippen molar-refractivity contribution < 1.29 is 12.6 Å². The van der Waals surface area contributed by atoms with E-state index in [-0.39, 0.29) is 12.1 Å². The minimum absolute atomic E-state index is 0.228. The van der Waals surface area contributed by atoms with Crippen LogP contribution >= 0.6 is 0 Å². The third-order valence-electron chi connectivity index (χ3n) is 7.77. The summed E-state index contributed by atoms with van der Waals surface area (Å²) in [6.45, 7) is 2.11. The summed E-state index contributed by atoms with van der Waals surface area (Å²) in [5.41, 5.74) is 5.56. The molecule has 2 fully saturated rings. The van der Waals surface area contributed by atoms with Gasteiger partial charge in [-0.25, -0.2) is 15.0 Å². The Morgan fingerprint density at radius 2 is 1.88 bits per heavy atom. The molecule has 9 nitrogen and oxygen atoms in total. The predicted molar refractivity (Wildman–Crippen MR) is 154 cm³/mol. The quantitative estimate of drug-likeness (QED) is 0.262. The first kappa shape index (κ1) is 26.4. The number of nitriles is 1. The fourth-order valence-electron chi connectivity index (χ4n) is 5.74. The van der Waals surface area contributed by atoms with Gasteiger partial charge in [-0.2, -0.15) is 13.7 Å². The van der Waals surface area contributed by atoms with E-state index in [1.165, 1.54) is 5.56 Å². The number of aromatic nitrogens is 4. The van der Waals surface area contributed by atoms with Gasteiger partial charge < -0.3 is 9.88 Å². The van der Waals surface area contributed by atoms with E-state index in [0.717, 1.165) is 66.5 Å². The van der Waals surface area contributed by atoms with Gasteiger partial charge in [0.25, 0.3) is 10.1 Å². The maximum atomic E-state index is 11.6. The van der Waals surface area contributed by atoms with Crippen molar-refractivity contribution in [2.45, 2.75) is 69.9 Å². The molecule has 0 aliphatic heterocycles. The second kappa shape index (κ2) is 10.6. The van der Waals surface area contributed by atoms with Crippen molar-refractivity contribution in [1.82, 2.24) is 19.5 Å². The van der Waals surface area contributed by atoms with Gasteiger partial charge in [-0.05, 0) is 86.4 Å². The monoisotopic (exact) mass is 556 g/mol. The van der Waals surface area contributed by atoms with Gasteiger partial charge in [0.15, 0.2) is 0 Å². The van der Waals surface area contributed by atoms with Crippen molar-refractivity contribution >= 4 is 32.8 Å². The molecule has 2 aliphatic rings. The number of nitrogens with one attached hydrogen (secondary N) is 1. The average molecular weight is 557 g/mol. The van der Waals surface area contributed by atoms with Crippen LogP contribution in [0.2, 0.25) is 0 Å². The molecule has 40 heavy (non-hydrogen) atoms. The SMILES string of the molecule is CCc1nc2ccc(-c3cc(C4CC4)cc(Nc4ncccc4C#N)n3)cc2n1[C@H]1CC[C@H](OS(C)(=O)=O)CC1. The lowest BCUT2D eigenvalue weighted by molar-refractivity contribution is 0.141. The first-order chi connectivity index (χ1) is 19.3. The second-order valence-electron chi connectivity index (χ2n) is 10.8. The van der Waals surface area contributed by atoms with E-state index in [2.05, 4.69) is 58.2 Å². The summed E-state index contributed by atoms with van der Waals surface area (Å²) in [6, 6.07) is 16.4. The first-order valence-corrected chi connectivity index (χ1v) is 15.7. The highest BCUT2D eigenvalue weighted by Crippen LogP contribution is 2.42. The molecule has 206 valence electrons. The van der Waals surface area contributed by atoms with Gasteiger partial charge in [-0.1, -0.05) is 13.0 Å². The zero-order chi connectivity index (χ0) is 27.9. The number of imidazole rings is 1. The van der Waals surface area contributed by atoms with Crippen molar-refractivity contribution in [2.24, 2.45) is 0 Å². The molecule has 2 saturated carbocycles. The molecule has 0 radical (unpaired) electrons. The third kappa shape index (κ3) is 5.58. The van der Waals surface area contributed by atoms with Crippen molar-refractivity contribution in [3.8, 4) is 17.3 Å². The van der Waals surface area contributed by atoms with Crippen LogP contribution in [0.25, 0.3) is 22.3 Å². The van der Waals surface area contributed by atoms with E-state index in [1.54, 1.807) is 18.3 Å². The molecule has 0 spiro atoms. The van der Waals surface area contributed by atoms with Gasteiger partial charge in [0.1, 0.15) is 23.5 Å². The lowest BCUT2D eigenvalue weighted by atomic mass is 9.92. The molecule has 0 amide bonds. The van der Waals surface area contributed by atoms with E-state index in [1.807, 2.05) is 0 Å². The number of benzene rings is 1. The van der Waals surface area contributed by atoms with Gasteiger partial charge >= 0.3 is 0 Å². The molecule has 2 aliphatic carbocycles. The fraction of sp³-hybridized carbons (Fsp3) is 0.400. The normalized spacial score (nSPS) is 19.4. The minimum atomic E-state index is -3.46. The summed E-state index contributed by atoms with van der Waals surface area (Å²) in [6.07, 6.45) is 8.69. The van der Waals surface area contributed by atoms with Crippen LogP contribution in [0.5, 0.6) is 0 Å². The predicted octanol–water partition coefficient (Wildman–Crippen LogP) is 6.01. The van der Waals surface area contributed by atoms with Crippen molar-refractivity contribution in [3.63, 3.8) is 0 Å². The number of hydrogen-bond donors (Lipinski definition) is 1. The molecule has 3 aromatic heterocycles. The maximum Gasteiger partial charge on any atom is 0.264 e. The number of aryl methyl sites for hydroxylation is 1. The summed E-state index contributed by atoms with van der Waals surface area (Å²) < 4.78 is 30.9.